The predicted octanol–water partition coefficient (Wildman–Crippen LogP) is 3.84. The van der Waals surface area contributed by atoms with Crippen molar-refractivity contribution < 1.29 is 14.1 Å². The first-order chi connectivity index (χ1) is 11.5. The summed E-state index contributed by atoms with van der Waals surface area (Å²) in [6.45, 7) is 4.06. The number of hydrogen-bond donors (Lipinski definition) is 0. The standard InChI is InChI=1S/C17H15N3O4/c1-11-5-6-14(12(2)8-11)17-19-13(10-24-17)9-23-15-4-3-7-18-16(15)20(21)22/h3-8,10H,9H2,1-2H3. The van der Waals surface area contributed by atoms with Crippen LogP contribution in [0.1, 0.15) is 16.8 Å². The van der Waals surface area contributed by atoms with E-state index >= 15 is 0 Å². The van der Waals surface area contributed by atoms with Crippen molar-refractivity contribution in [2.45, 2.75) is 20.5 Å². The highest BCUT2D eigenvalue weighted by molar-refractivity contribution is 5.59. The minimum absolute atomic E-state index is 0.0565. The van der Waals surface area contributed by atoms with Crippen LogP contribution in [0.2, 0.25) is 0 Å². The Hall–Kier alpha value is -3.22. The first-order valence-electron chi connectivity index (χ1n) is 7.29. The van der Waals surface area contributed by atoms with Crippen molar-refractivity contribution in [1.29, 1.82) is 0 Å². The van der Waals surface area contributed by atoms with Gasteiger partial charge in [-0.2, -0.15) is 0 Å². The number of nitrogens with zero attached hydrogens (tertiary/aromatic N) is 3. The second kappa shape index (κ2) is 6.49. The van der Waals surface area contributed by atoms with E-state index in [1.807, 2.05) is 26.0 Å². The van der Waals surface area contributed by atoms with E-state index in [1.54, 1.807) is 6.07 Å². The van der Waals surface area contributed by atoms with Crippen molar-refractivity contribution in [3.63, 3.8) is 0 Å². The minimum Gasteiger partial charge on any atom is -0.479 e. The molecule has 0 amide bonds. The third kappa shape index (κ3) is 3.24. The third-order valence-corrected chi connectivity index (χ3v) is 3.46. The molecule has 7 heteroatoms. The molecular formula is C17H15N3O4. The average Bonchev–Trinajstić information content (AvgIpc) is 3.01. The summed E-state index contributed by atoms with van der Waals surface area (Å²) in [5.41, 5.74) is 3.67. The van der Waals surface area contributed by atoms with Crippen molar-refractivity contribution in [3.05, 3.63) is 69.7 Å². The maximum atomic E-state index is 10.9. The van der Waals surface area contributed by atoms with Gasteiger partial charge in [0.25, 0.3) is 0 Å². The summed E-state index contributed by atoms with van der Waals surface area (Å²) in [6, 6.07) is 9.06. The fourth-order valence-electron chi connectivity index (χ4n) is 2.33. The zero-order chi connectivity index (χ0) is 17.1. The van der Waals surface area contributed by atoms with Crippen molar-refractivity contribution in [3.8, 4) is 17.2 Å². The molecule has 2 heterocycles. The summed E-state index contributed by atoms with van der Waals surface area (Å²) in [7, 11) is 0. The number of hydrogen-bond acceptors (Lipinski definition) is 6. The third-order valence-electron chi connectivity index (χ3n) is 3.46. The number of ether oxygens (including phenoxy) is 1. The molecule has 24 heavy (non-hydrogen) atoms. The van der Waals surface area contributed by atoms with Gasteiger partial charge in [0, 0.05) is 5.56 Å². The Bertz CT molecular complexity index is 889. The normalized spacial score (nSPS) is 10.6. The first-order valence-corrected chi connectivity index (χ1v) is 7.29. The lowest BCUT2D eigenvalue weighted by Crippen LogP contribution is -2.00. The van der Waals surface area contributed by atoms with Gasteiger partial charge in [-0.15, -0.1) is 0 Å². The maximum Gasteiger partial charge on any atom is 0.406 e. The Morgan fingerprint density at radius 3 is 2.88 bits per heavy atom. The highest BCUT2D eigenvalue weighted by Crippen LogP contribution is 2.26. The Kier molecular flexibility index (Phi) is 4.24. The predicted molar refractivity (Wildman–Crippen MR) is 86.6 cm³/mol. The molecule has 0 aliphatic carbocycles. The molecule has 0 radical (unpaired) electrons. The van der Waals surface area contributed by atoms with Gasteiger partial charge in [0.2, 0.25) is 11.6 Å². The Labute approximate surface area is 138 Å². The molecule has 0 N–H and O–H groups in total. The van der Waals surface area contributed by atoms with E-state index < -0.39 is 4.92 Å². The lowest BCUT2D eigenvalue weighted by Gasteiger charge is -2.03. The van der Waals surface area contributed by atoms with Gasteiger partial charge >= 0.3 is 5.82 Å². The fraction of sp³-hybridized carbons (Fsp3) is 0.176. The van der Waals surface area contributed by atoms with Crippen molar-refractivity contribution in [1.82, 2.24) is 9.97 Å². The average molecular weight is 325 g/mol. The van der Waals surface area contributed by atoms with Crippen LogP contribution in [0.25, 0.3) is 11.5 Å². The van der Waals surface area contributed by atoms with Crippen LogP contribution in [-0.2, 0) is 6.61 Å². The fourth-order valence-corrected chi connectivity index (χ4v) is 2.33. The summed E-state index contributed by atoms with van der Waals surface area (Å²) in [6.07, 6.45) is 2.83. The molecule has 3 aromatic rings. The zero-order valence-corrected chi connectivity index (χ0v) is 13.2. The molecule has 0 spiro atoms. The number of aromatic nitrogens is 2. The Morgan fingerprint density at radius 2 is 2.12 bits per heavy atom. The summed E-state index contributed by atoms with van der Waals surface area (Å²) in [5, 5.41) is 10.9. The molecule has 0 saturated heterocycles. The van der Waals surface area contributed by atoms with E-state index in [4.69, 9.17) is 9.15 Å². The molecule has 0 atom stereocenters. The van der Waals surface area contributed by atoms with E-state index in [0.29, 0.717) is 11.6 Å². The molecule has 7 nitrogen and oxygen atoms in total. The first kappa shape index (κ1) is 15.7. The van der Waals surface area contributed by atoms with Crippen LogP contribution in [0, 0.1) is 24.0 Å². The number of pyridine rings is 1. The molecule has 0 saturated carbocycles. The van der Waals surface area contributed by atoms with Crippen molar-refractivity contribution in [2.75, 3.05) is 0 Å². The molecule has 0 aliphatic heterocycles. The molecule has 0 fully saturated rings. The Morgan fingerprint density at radius 1 is 1.29 bits per heavy atom. The van der Waals surface area contributed by atoms with Gasteiger partial charge in [0.05, 0.1) is 0 Å². The molecule has 0 unspecified atom stereocenters. The van der Waals surface area contributed by atoms with E-state index in [2.05, 4.69) is 16.0 Å². The van der Waals surface area contributed by atoms with E-state index in [9.17, 15) is 10.1 Å². The second-order valence-corrected chi connectivity index (χ2v) is 5.33. The number of rotatable bonds is 5. The molecular weight excluding hydrogens is 310 g/mol. The van der Waals surface area contributed by atoms with Gasteiger partial charge in [0.15, 0.2) is 0 Å². The largest absolute Gasteiger partial charge is 0.479 e. The van der Waals surface area contributed by atoms with Crippen LogP contribution >= 0.6 is 0 Å². The van der Waals surface area contributed by atoms with Crippen molar-refractivity contribution in [2.24, 2.45) is 0 Å². The van der Waals surface area contributed by atoms with Gasteiger partial charge in [-0.1, -0.05) is 17.7 Å². The van der Waals surface area contributed by atoms with Crippen LogP contribution in [0.15, 0.2) is 47.2 Å². The number of aryl methyl sites for hydroxylation is 2. The van der Waals surface area contributed by atoms with Crippen LogP contribution in [-0.4, -0.2) is 14.9 Å². The van der Waals surface area contributed by atoms with Gasteiger partial charge < -0.3 is 19.3 Å². The van der Waals surface area contributed by atoms with E-state index in [-0.39, 0.29) is 18.2 Å². The number of oxazole rings is 1. The molecule has 0 bridgehead atoms. The molecule has 0 aliphatic rings. The number of nitro groups is 1. The van der Waals surface area contributed by atoms with Crippen LogP contribution < -0.4 is 4.74 Å². The smallest absolute Gasteiger partial charge is 0.406 e. The SMILES string of the molecule is Cc1ccc(-c2nc(COc3cccnc3[N+](=O)[O-])co2)c(C)c1. The quantitative estimate of drug-likeness (QED) is 0.523. The van der Waals surface area contributed by atoms with Gasteiger partial charge in [-0.05, 0) is 47.5 Å². The summed E-state index contributed by atoms with van der Waals surface area (Å²) < 4.78 is 11.0. The molecule has 2 aromatic heterocycles. The van der Waals surface area contributed by atoms with Gasteiger partial charge in [-0.3, -0.25) is 0 Å². The lowest BCUT2D eigenvalue weighted by atomic mass is 10.1. The topological polar surface area (TPSA) is 91.3 Å². The van der Waals surface area contributed by atoms with Crippen LogP contribution in [0.5, 0.6) is 5.75 Å². The summed E-state index contributed by atoms with van der Waals surface area (Å²) >= 11 is 0. The number of benzene rings is 1. The van der Waals surface area contributed by atoms with Crippen molar-refractivity contribution >= 4 is 5.82 Å². The zero-order valence-electron chi connectivity index (χ0n) is 13.2. The van der Waals surface area contributed by atoms with Crippen LogP contribution in [0.4, 0.5) is 5.82 Å². The minimum atomic E-state index is -0.584. The Balaban J connectivity index is 1.77. The molecule has 1 aromatic carbocycles. The second-order valence-electron chi connectivity index (χ2n) is 5.33. The van der Waals surface area contributed by atoms with E-state index in [1.165, 1.54) is 18.5 Å². The van der Waals surface area contributed by atoms with Crippen LogP contribution in [0.3, 0.4) is 0 Å². The lowest BCUT2D eigenvalue weighted by molar-refractivity contribution is -0.390. The molecule has 122 valence electrons. The molecule has 3 rings (SSSR count). The summed E-state index contributed by atoms with van der Waals surface area (Å²) in [5.74, 6) is 0.265. The van der Waals surface area contributed by atoms with Gasteiger partial charge in [0.1, 0.15) is 24.8 Å². The van der Waals surface area contributed by atoms with Gasteiger partial charge in [-0.25, -0.2) is 4.98 Å². The monoisotopic (exact) mass is 325 g/mol. The maximum absolute atomic E-state index is 10.9. The highest BCUT2D eigenvalue weighted by atomic mass is 16.6. The highest BCUT2D eigenvalue weighted by Gasteiger charge is 2.16. The van der Waals surface area contributed by atoms with E-state index in [0.717, 1.165) is 16.7 Å². The summed E-state index contributed by atoms with van der Waals surface area (Å²) in [4.78, 5) is 18.4.